The average molecular weight is 561 g/mol. The van der Waals surface area contributed by atoms with Crippen LogP contribution in [0, 0.1) is 13.8 Å². The Bertz CT molecular complexity index is 1650. The maximum atomic E-state index is 13.7. The van der Waals surface area contributed by atoms with Crippen LogP contribution in [0.2, 0.25) is 5.02 Å². The zero-order chi connectivity index (χ0) is 28.9. The number of carbonyl (C=O) groups excluding carboxylic acids is 2. The number of aromatic nitrogens is 2. The van der Waals surface area contributed by atoms with Gasteiger partial charge in [-0.2, -0.15) is 0 Å². The van der Waals surface area contributed by atoms with E-state index < -0.39 is 23.5 Å². The van der Waals surface area contributed by atoms with E-state index in [4.69, 9.17) is 21.1 Å². The van der Waals surface area contributed by atoms with Crippen LogP contribution in [-0.4, -0.2) is 55.1 Å². The molecule has 1 unspecified atom stereocenters. The van der Waals surface area contributed by atoms with Crippen LogP contribution in [0.5, 0.6) is 11.5 Å². The Hall–Kier alpha value is -4.50. The Balaban J connectivity index is 1.76. The first-order valence-corrected chi connectivity index (χ1v) is 12.9. The number of aliphatic hydroxyl groups is 1. The van der Waals surface area contributed by atoms with E-state index >= 15 is 0 Å². The lowest BCUT2D eigenvalue weighted by atomic mass is 9.94. The Morgan fingerprint density at radius 1 is 1.00 bits per heavy atom. The minimum absolute atomic E-state index is 0.113. The number of aliphatic hydroxyl groups excluding tert-OH is 1. The molecule has 10 heteroatoms. The van der Waals surface area contributed by atoms with Crippen LogP contribution in [0.4, 0.5) is 11.6 Å². The second-order valence-electron chi connectivity index (χ2n) is 9.86. The zero-order valence-electron chi connectivity index (χ0n) is 23.0. The summed E-state index contributed by atoms with van der Waals surface area (Å²) in [6, 6.07) is 13.3. The lowest BCUT2D eigenvalue weighted by molar-refractivity contribution is -0.132. The summed E-state index contributed by atoms with van der Waals surface area (Å²) in [6.45, 7) is 3.97. The standard InChI is InChI=1S/C30H29ClN4O5/c1-15-11-21-22(12-16(15)2)33-30(32-21)35-26(17-7-9-18(10-8-17)34(3)4)25(28(37)29(35)38)27(36)19-13-24(40-6)20(31)14-23(19)39-5/h7-14,26,36H,1-6H3,(H,32,33)/b27-25+. The number of anilines is 2. The molecule has 1 amide bonds. The number of nitrogens with zero attached hydrogens (tertiary/aromatic N) is 3. The molecule has 0 radical (unpaired) electrons. The van der Waals surface area contributed by atoms with Crippen LogP contribution >= 0.6 is 11.6 Å². The van der Waals surface area contributed by atoms with Gasteiger partial charge in [-0.1, -0.05) is 23.7 Å². The quantitative estimate of drug-likeness (QED) is 0.181. The predicted octanol–water partition coefficient (Wildman–Crippen LogP) is 5.54. The first kappa shape index (κ1) is 27.1. The molecule has 9 nitrogen and oxygen atoms in total. The number of imidazole rings is 1. The molecule has 4 aromatic rings. The van der Waals surface area contributed by atoms with Crippen molar-refractivity contribution in [2.75, 3.05) is 38.1 Å². The number of benzene rings is 3. The van der Waals surface area contributed by atoms with Gasteiger partial charge in [0, 0.05) is 25.8 Å². The van der Waals surface area contributed by atoms with Gasteiger partial charge in [-0.05, 0) is 60.9 Å². The van der Waals surface area contributed by atoms with Gasteiger partial charge < -0.3 is 24.5 Å². The highest BCUT2D eigenvalue weighted by atomic mass is 35.5. The van der Waals surface area contributed by atoms with Crippen molar-refractivity contribution >= 4 is 51.7 Å². The number of hydrogen-bond donors (Lipinski definition) is 2. The molecule has 0 aliphatic carbocycles. The fraction of sp³-hybridized carbons (Fsp3) is 0.233. The van der Waals surface area contributed by atoms with Gasteiger partial charge in [0.2, 0.25) is 5.95 Å². The second-order valence-corrected chi connectivity index (χ2v) is 10.3. The van der Waals surface area contributed by atoms with Crippen molar-refractivity contribution < 1.29 is 24.2 Å². The third-order valence-corrected chi connectivity index (χ3v) is 7.51. The molecule has 0 saturated carbocycles. The third-order valence-electron chi connectivity index (χ3n) is 7.21. The zero-order valence-corrected chi connectivity index (χ0v) is 23.8. The van der Waals surface area contributed by atoms with E-state index in [-0.39, 0.29) is 33.6 Å². The molecule has 1 aliphatic rings. The molecule has 1 fully saturated rings. The number of amides is 1. The maximum absolute atomic E-state index is 13.7. The van der Waals surface area contributed by atoms with Gasteiger partial charge in [0.05, 0.1) is 47.5 Å². The average Bonchev–Trinajstić information content (AvgIpc) is 3.45. The fourth-order valence-electron chi connectivity index (χ4n) is 4.88. The molecule has 40 heavy (non-hydrogen) atoms. The number of hydrogen-bond acceptors (Lipinski definition) is 7. The highest BCUT2D eigenvalue weighted by molar-refractivity contribution is 6.51. The normalized spacial score (nSPS) is 16.6. The first-order chi connectivity index (χ1) is 19.0. The highest BCUT2D eigenvalue weighted by Crippen LogP contribution is 2.44. The number of aryl methyl sites for hydroxylation is 2. The van der Waals surface area contributed by atoms with Crippen LogP contribution in [0.25, 0.3) is 16.8 Å². The Kier molecular flexibility index (Phi) is 6.93. The largest absolute Gasteiger partial charge is 0.507 e. The highest BCUT2D eigenvalue weighted by Gasteiger charge is 2.48. The number of nitrogens with one attached hydrogen (secondary N) is 1. The van der Waals surface area contributed by atoms with Crippen molar-refractivity contribution in [2.24, 2.45) is 0 Å². The molecule has 3 aromatic carbocycles. The molecular formula is C30H29ClN4O5. The van der Waals surface area contributed by atoms with Crippen molar-refractivity contribution in [3.05, 3.63) is 81.4 Å². The number of rotatable bonds is 6. The third kappa shape index (κ3) is 4.42. The minimum Gasteiger partial charge on any atom is -0.507 e. The summed E-state index contributed by atoms with van der Waals surface area (Å²) < 4.78 is 10.8. The van der Waals surface area contributed by atoms with Crippen LogP contribution in [0.15, 0.2) is 54.1 Å². The van der Waals surface area contributed by atoms with Crippen molar-refractivity contribution in [1.29, 1.82) is 0 Å². The monoisotopic (exact) mass is 560 g/mol. The van der Waals surface area contributed by atoms with Gasteiger partial charge in [0.25, 0.3) is 5.78 Å². The molecule has 5 rings (SSSR count). The lowest BCUT2D eigenvalue weighted by Gasteiger charge is -2.24. The number of ether oxygens (including phenoxy) is 2. The summed E-state index contributed by atoms with van der Waals surface area (Å²) in [7, 11) is 6.69. The van der Waals surface area contributed by atoms with Crippen molar-refractivity contribution in [3.8, 4) is 11.5 Å². The predicted molar refractivity (Wildman–Crippen MR) is 156 cm³/mol. The summed E-state index contributed by atoms with van der Waals surface area (Å²) in [6.07, 6.45) is 0. The van der Waals surface area contributed by atoms with Crippen LogP contribution in [0.1, 0.15) is 28.3 Å². The van der Waals surface area contributed by atoms with Gasteiger partial charge in [0.1, 0.15) is 17.3 Å². The van der Waals surface area contributed by atoms with Gasteiger partial charge in [-0.3, -0.25) is 14.5 Å². The summed E-state index contributed by atoms with van der Waals surface area (Å²) in [5, 5.41) is 11.9. The van der Waals surface area contributed by atoms with Gasteiger partial charge in [-0.15, -0.1) is 0 Å². The van der Waals surface area contributed by atoms with Crippen molar-refractivity contribution in [1.82, 2.24) is 9.97 Å². The van der Waals surface area contributed by atoms with Crippen molar-refractivity contribution in [2.45, 2.75) is 19.9 Å². The molecule has 1 atom stereocenters. The number of H-pyrrole nitrogens is 1. The smallest absolute Gasteiger partial charge is 0.302 e. The topological polar surface area (TPSA) is 108 Å². The van der Waals surface area contributed by atoms with Crippen LogP contribution < -0.4 is 19.3 Å². The number of carbonyl (C=O) groups is 2. The number of fused-ring (bicyclic) bond motifs is 1. The van der Waals surface area contributed by atoms with Gasteiger partial charge >= 0.3 is 5.91 Å². The number of ketones is 1. The number of aromatic amines is 1. The summed E-state index contributed by atoms with van der Waals surface area (Å²) in [4.78, 5) is 38.4. The molecule has 0 bridgehead atoms. The van der Waals surface area contributed by atoms with Crippen LogP contribution in [0.3, 0.4) is 0 Å². The summed E-state index contributed by atoms with van der Waals surface area (Å²) in [5.74, 6) is -1.42. The summed E-state index contributed by atoms with van der Waals surface area (Å²) in [5.41, 5.74) is 5.08. The molecule has 0 spiro atoms. The minimum atomic E-state index is -0.981. The Morgan fingerprint density at radius 3 is 2.27 bits per heavy atom. The van der Waals surface area contributed by atoms with Gasteiger partial charge in [0.15, 0.2) is 0 Å². The summed E-state index contributed by atoms with van der Waals surface area (Å²) >= 11 is 6.28. The molecule has 2 heterocycles. The second kappa shape index (κ2) is 10.2. The van der Waals surface area contributed by atoms with E-state index in [0.29, 0.717) is 11.1 Å². The molecular weight excluding hydrogens is 532 g/mol. The number of halogens is 1. The number of methoxy groups -OCH3 is 2. The maximum Gasteiger partial charge on any atom is 0.302 e. The fourth-order valence-corrected chi connectivity index (χ4v) is 5.11. The molecule has 2 N–H and O–H groups in total. The number of Topliss-reactive ketones (excluding diaryl/α,β-unsaturated/α-hetero) is 1. The van der Waals surface area contributed by atoms with Crippen molar-refractivity contribution in [3.63, 3.8) is 0 Å². The SMILES string of the molecule is COc1cc(/C(O)=C2\C(=O)C(=O)N(c3nc4cc(C)c(C)cc4[nH]3)C2c2ccc(N(C)C)cc2)c(OC)cc1Cl. The van der Waals surface area contributed by atoms with E-state index in [2.05, 4.69) is 9.97 Å². The van der Waals surface area contributed by atoms with E-state index in [9.17, 15) is 14.7 Å². The molecule has 206 valence electrons. The molecule has 1 aromatic heterocycles. The Morgan fingerprint density at radius 2 is 1.65 bits per heavy atom. The van der Waals surface area contributed by atoms with E-state index in [0.717, 1.165) is 22.3 Å². The van der Waals surface area contributed by atoms with Gasteiger partial charge in [-0.25, -0.2) is 4.98 Å². The molecule has 1 saturated heterocycles. The first-order valence-electron chi connectivity index (χ1n) is 12.5. The Labute approximate surface area is 236 Å². The van der Waals surface area contributed by atoms with E-state index in [1.807, 2.05) is 69.2 Å². The lowest BCUT2D eigenvalue weighted by Crippen LogP contribution is -2.30. The molecule has 1 aliphatic heterocycles. The van der Waals surface area contributed by atoms with E-state index in [1.165, 1.54) is 31.3 Å². The van der Waals surface area contributed by atoms with E-state index in [1.54, 1.807) is 0 Å². The van der Waals surface area contributed by atoms with Crippen LogP contribution in [-0.2, 0) is 9.59 Å².